The van der Waals surface area contributed by atoms with E-state index < -0.39 is 0 Å². The Kier molecular flexibility index (Phi) is 1.92. The Balaban J connectivity index is 2.16. The molecule has 1 fully saturated rings. The predicted molar refractivity (Wildman–Crippen MR) is 37.8 cm³/mol. The summed E-state index contributed by atoms with van der Waals surface area (Å²) in [7, 11) is 0. The Labute approximate surface area is 55.1 Å². The Morgan fingerprint density at radius 3 is 2.56 bits per heavy atom. The second-order valence-electron chi connectivity index (χ2n) is 2.62. The molecule has 0 amide bonds. The Bertz CT molecular complexity index is 115. The highest BCUT2D eigenvalue weighted by atomic mass is 15.1. The molecule has 0 heterocycles. The molecule has 0 radical (unpaired) electrons. The lowest BCUT2D eigenvalue weighted by atomic mass is 9.83. The SMILES string of the molecule is NN=C(N)CC1CCC1. The van der Waals surface area contributed by atoms with Crippen molar-refractivity contribution in [3.63, 3.8) is 0 Å². The number of hydrazone groups is 1. The van der Waals surface area contributed by atoms with E-state index in [-0.39, 0.29) is 0 Å². The molecule has 0 atom stereocenters. The van der Waals surface area contributed by atoms with Crippen molar-refractivity contribution in [2.75, 3.05) is 0 Å². The van der Waals surface area contributed by atoms with Crippen molar-refractivity contribution < 1.29 is 0 Å². The third-order valence-corrected chi connectivity index (χ3v) is 1.89. The number of hydrogen-bond acceptors (Lipinski definition) is 2. The van der Waals surface area contributed by atoms with E-state index in [9.17, 15) is 0 Å². The van der Waals surface area contributed by atoms with Crippen molar-refractivity contribution in [3.8, 4) is 0 Å². The molecular formula is C6H13N3. The fourth-order valence-electron chi connectivity index (χ4n) is 1.05. The van der Waals surface area contributed by atoms with Gasteiger partial charge in [-0.1, -0.05) is 19.3 Å². The minimum Gasteiger partial charge on any atom is -0.386 e. The first-order valence-corrected chi connectivity index (χ1v) is 3.35. The summed E-state index contributed by atoms with van der Waals surface area (Å²) in [4.78, 5) is 0. The summed E-state index contributed by atoms with van der Waals surface area (Å²) in [6, 6.07) is 0. The van der Waals surface area contributed by atoms with Crippen molar-refractivity contribution >= 4 is 5.84 Å². The van der Waals surface area contributed by atoms with E-state index in [0.29, 0.717) is 5.84 Å². The lowest BCUT2D eigenvalue weighted by Gasteiger charge is -2.24. The number of hydrogen-bond donors (Lipinski definition) is 2. The van der Waals surface area contributed by atoms with Crippen molar-refractivity contribution in [1.82, 2.24) is 0 Å². The molecule has 0 aliphatic heterocycles. The maximum Gasteiger partial charge on any atom is 0.119 e. The zero-order valence-corrected chi connectivity index (χ0v) is 5.51. The number of amidine groups is 1. The van der Waals surface area contributed by atoms with Gasteiger partial charge in [0.05, 0.1) is 0 Å². The quantitative estimate of drug-likeness (QED) is 0.244. The van der Waals surface area contributed by atoms with E-state index in [1.165, 1.54) is 19.3 Å². The zero-order valence-electron chi connectivity index (χ0n) is 5.51. The van der Waals surface area contributed by atoms with Crippen LogP contribution in [0.1, 0.15) is 25.7 Å². The summed E-state index contributed by atoms with van der Waals surface area (Å²) in [5, 5.41) is 3.40. The highest BCUT2D eigenvalue weighted by Gasteiger charge is 2.17. The van der Waals surface area contributed by atoms with Crippen LogP contribution >= 0.6 is 0 Å². The van der Waals surface area contributed by atoms with Crippen molar-refractivity contribution in [1.29, 1.82) is 0 Å². The maximum atomic E-state index is 5.41. The van der Waals surface area contributed by atoms with Gasteiger partial charge in [-0.05, 0) is 5.92 Å². The van der Waals surface area contributed by atoms with Crippen LogP contribution in [0, 0.1) is 5.92 Å². The highest BCUT2D eigenvalue weighted by Crippen LogP contribution is 2.28. The molecule has 1 aliphatic carbocycles. The van der Waals surface area contributed by atoms with E-state index in [4.69, 9.17) is 11.6 Å². The topological polar surface area (TPSA) is 64.4 Å². The fourth-order valence-corrected chi connectivity index (χ4v) is 1.05. The summed E-state index contributed by atoms with van der Waals surface area (Å²) in [6.07, 6.45) is 4.85. The first kappa shape index (κ1) is 6.39. The van der Waals surface area contributed by atoms with Gasteiger partial charge in [-0.25, -0.2) is 0 Å². The fraction of sp³-hybridized carbons (Fsp3) is 0.833. The summed E-state index contributed by atoms with van der Waals surface area (Å²) < 4.78 is 0. The zero-order chi connectivity index (χ0) is 6.69. The third kappa shape index (κ3) is 1.59. The van der Waals surface area contributed by atoms with Crippen LogP contribution < -0.4 is 11.6 Å². The van der Waals surface area contributed by atoms with Gasteiger partial charge in [0, 0.05) is 6.42 Å². The maximum absolute atomic E-state index is 5.41. The minimum atomic E-state index is 0.597. The Hall–Kier alpha value is -0.730. The van der Waals surface area contributed by atoms with Gasteiger partial charge in [0.15, 0.2) is 0 Å². The largest absolute Gasteiger partial charge is 0.386 e. The average molecular weight is 127 g/mol. The minimum absolute atomic E-state index is 0.597. The molecule has 3 heteroatoms. The Morgan fingerprint density at radius 1 is 1.56 bits per heavy atom. The Morgan fingerprint density at radius 2 is 2.22 bits per heavy atom. The third-order valence-electron chi connectivity index (χ3n) is 1.89. The second-order valence-corrected chi connectivity index (χ2v) is 2.62. The van der Waals surface area contributed by atoms with Crippen LogP contribution in [0.3, 0.4) is 0 Å². The summed E-state index contributed by atoms with van der Waals surface area (Å²) in [5.74, 6) is 6.33. The van der Waals surface area contributed by atoms with Gasteiger partial charge in [-0.3, -0.25) is 0 Å². The van der Waals surface area contributed by atoms with E-state index in [1.807, 2.05) is 0 Å². The van der Waals surface area contributed by atoms with Gasteiger partial charge in [0.25, 0.3) is 0 Å². The molecule has 0 aromatic rings. The molecule has 0 saturated heterocycles. The van der Waals surface area contributed by atoms with E-state index in [0.717, 1.165) is 12.3 Å². The number of rotatable bonds is 2. The molecule has 1 aliphatic rings. The molecule has 4 N–H and O–H groups in total. The van der Waals surface area contributed by atoms with Crippen molar-refractivity contribution in [2.45, 2.75) is 25.7 Å². The number of nitrogens with two attached hydrogens (primary N) is 2. The van der Waals surface area contributed by atoms with Crippen LogP contribution in [0.25, 0.3) is 0 Å². The molecule has 1 rings (SSSR count). The van der Waals surface area contributed by atoms with Crippen LogP contribution in [-0.4, -0.2) is 5.84 Å². The van der Waals surface area contributed by atoms with Gasteiger partial charge in [-0.2, -0.15) is 5.10 Å². The van der Waals surface area contributed by atoms with Gasteiger partial charge in [0.1, 0.15) is 5.84 Å². The van der Waals surface area contributed by atoms with Crippen molar-refractivity contribution in [2.24, 2.45) is 22.6 Å². The van der Waals surface area contributed by atoms with Gasteiger partial charge in [0.2, 0.25) is 0 Å². The smallest absolute Gasteiger partial charge is 0.119 e. The lowest BCUT2D eigenvalue weighted by molar-refractivity contribution is 0.326. The standard InChI is InChI=1S/C6H13N3/c7-6(9-8)4-5-2-1-3-5/h5H,1-4,8H2,(H2,7,9). The normalized spacial score (nSPS) is 21.6. The van der Waals surface area contributed by atoms with Crippen LogP contribution in [0.4, 0.5) is 0 Å². The molecule has 0 bridgehead atoms. The molecule has 0 unspecified atom stereocenters. The molecule has 1 saturated carbocycles. The molecule has 0 aromatic heterocycles. The molecule has 9 heavy (non-hydrogen) atoms. The predicted octanol–water partition coefficient (Wildman–Crippen LogP) is 0.407. The highest BCUT2D eigenvalue weighted by molar-refractivity contribution is 5.80. The molecule has 3 nitrogen and oxygen atoms in total. The lowest BCUT2D eigenvalue weighted by Crippen LogP contribution is -2.22. The van der Waals surface area contributed by atoms with Gasteiger partial charge >= 0.3 is 0 Å². The first-order chi connectivity index (χ1) is 4.33. The van der Waals surface area contributed by atoms with Gasteiger partial charge in [-0.15, -0.1) is 0 Å². The molecular weight excluding hydrogens is 114 g/mol. The van der Waals surface area contributed by atoms with Crippen molar-refractivity contribution in [3.05, 3.63) is 0 Å². The van der Waals surface area contributed by atoms with Crippen LogP contribution in [0.15, 0.2) is 5.10 Å². The van der Waals surface area contributed by atoms with Crippen LogP contribution in [0.2, 0.25) is 0 Å². The number of nitrogens with zero attached hydrogens (tertiary/aromatic N) is 1. The van der Waals surface area contributed by atoms with E-state index in [1.54, 1.807) is 0 Å². The summed E-state index contributed by atoms with van der Waals surface area (Å²) in [5.41, 5.74) is 5.41. The summed E-state index contributed by atoms with van der Waals surface area (Å²) >= 11 is 0. The summed E-state index contributed by atoms with van der Waals surface area (Å²) in [6.45, 7) is 0. The van der Waals surface area contributed by atoms with E-state index >= 15 is 0 Å². The monoisotopic (exact) mass is 127 g/mol. The van der Waals surface area contributed by atoms with E-state index in [2.05, 4.69) is 5.10 Å². The molecule has 0 aromatic carbocycles. The first-order valence-electron chi connectivity index (χ1n) is 3.35. The van der Waals surface area contributed by atoms with Crippen LogP contribution in [0.5, 0.6) is 0 Å². The van der Waals surface area contributed by atoms with Crippen LogP contribution in [-0.2, 0) is 0 Å². The molecule has 0 spiro atoms. The second kappa shape index (κ2) is 2.71. The average Bonchev–Trinajstić information content (AvgIpc) is 1.78. The molecule has 52 valence electrons. The van der Waals surface area contributed by atoms with Gasteiger partial charge < -0.3 is 11.6 Å².